The highest BCUT2D eigenvalue weighted by Gasteiger charge is 2.40. The van der Waals surface area contributed by atoms with Gasteiger partial charge in [-0.05, 0) is 19.2 Å². The van der Waals surface area contributed by atoms with Crippen LogP contribution in [-0.4, -0.2) is 42.9 Å². The Morgan fingerprint density at radius 3 is 2.91 bits per heavy atom. The minimum atomic E-state index is -0.444. The van der Waals surface area contributed by atoms with E-state index in [0.29, 0.717) is 12.2 Å². The van der Waals surface area contributed by atoms with Gasteiger partial charge in [-0.15, -0.1) is 0 Å². The van der Waals surface area contributed by atoms with E-state index >= 15 is 0 Å². The molecule has 2 aliphatic rings. The van der Waals surface area contributed by atoms with E-state index in [0.717, 1.165) is 35.7 Å². The molecule has 5 nitrogen and oxygen atoms in total. The lowest BCUT2D eigenvalue weighted by Gasteiger charge is -2.24. The zero-order valence-electron chi connectivity index (χ0n) is 13.4. The van der Waals surface area contributed by atoms with Crippen molar-refractivity contribution in [3.63, 3.8) is 0 Å². The van der Waals surface area contributed by atoms with Gasteiger partial charge in [-0.3, -0.25) is 0 Å². The maximum absolute atomic E-state index is 9.84. The second-order valence-electron chi connectivity index (χ2n) is 6.09. The van der Waals surface area contributed by atoms with Crippen LogP contribution in [0.3, 0.4) is 0 Å². The number of anilines is 1. The van der Waals surface area contributed by atoms with Gasteiger partial charge in [0, 0.05) is 36.2 Å². The summed E-state index contributed by atoms with van der Waals surface area (Å²) in [5.74, 6) is 1.59. The molecule has 0 amide bonds. The fourth-order valence-corrected chi connectivity index (χ4v) is 3.29. The van der Waals surface area contributed by atoms with Crippen molar-refractivity contribution in [3.05, 3.63) is 29.3 Å². The van der Waals surface area contributed by atoms with Crippen LogP contribution in [0.4, 0.5) is 5.69 Å². The molecule has 1 aromatic carbocycles. The van der Waals surface area contributed by atoms with Crippen molar-refractivity contribution in [1.29, 1.82) is 0 Å². The van der Waals surface area contributed by atoms with Gasteiger partial charge in [0.05, 0.1) is 13.2 Å². The van der Waals surface area contributed by atoms with Gasteiger partial charge in [0.25, 0.3) is 0 Å². The summed E-state index contributed by atoms with van der Waals surface area (Å²) in [6.07, 6.45) is 4.00. The van der Waals surface area contributed by atoms with Gasteiger partial charge in [-0.25, -0.2) is 0 Å². The average molecular weight is 304 g/mol. The van der Waals surface area contributed by atoms with E-state index < -0.39 is 6.10 Å². The molecule has 3 atom stereocenters. The molecule has 2 unspecified atom stereocenters. The smallest absolute Gasteiger partial charge is 0.166 e. The van der Waals surface area contributed by atoms with Gasteiger partial charge in [-0.1, -0.05) is 19.1 Å². The molecule has 120 valence electrons. The quantitative estimate of drug-likeness (QED) is 0.657. The van der Waals surface area contributed by atoms with Crippen LogP contribution >= 0.6 is 0 Å². The maximum Gasteiger partial charge on any atom is 0.166 e. The van der Waals surface area contributed by atoms with Crippen LogP contribution in [0.2, 0.25) is 0 Å². The first-order chi connectivity index (χ1) is 10.5. The standard InChI is InChI=1S/C17H24N2O3/c1-4-19(2)9-12-13(18)8-15(21-3)17-16(12)11-6-5-10(20)7-14(11)22-17/h5-6,8,10-11,14,20H,4,7,9,18H2,1-3H3/t10-,11?,14?/m0/s1. The van der Waals surface area contributed by atoms with Gasteiger partial charge in [0.2, 0.25) is 0 Å². The third-order valence-corrected chi connectivity index (χ3v) is 4.63. The number of methoxy groups -OCH3 is 1. The second kappa shape index (κ2) is 5.82. The molecule has 1 heterocycles. The van der Waals surface area contributed by atoms with Crippen LogP contribution in [0.15, 0.2) is 18.2 Å². The molecule has 1 aromatic rings. The third kappa shape index (κ3) is 2.44. The van der Waals surface area contributed by atoms with E-state index in [1.807, 2.05) is 18.2 Å². The fraction of sp³-hybridized carbons (Fsp3) is 0.529. The number of hydrogen-bond donors (Lipinski definition) is 2. The largest absolute Gasteiger partial charge is 0.493 e. The van der Waals surface area contributed by atoms with Gasteiger partial charge in [-0.2, -0.15) is 0 Å². The average Bonchev–Trinajstić information content (AvgIpc) is 2.87. The summed E-state index contributed by atoms with van der Waals surface area (Å²) in [6.45, 7) is 3.84. The van der Waals surface area contributed by atoms with Gasteiger partial charge >= 0.3 is 0 Å². The van der Waals surface area contributed by atoms with Crippen molar-refractivity contribution in [2.45, 2.75) is 38.0 Å². The van der Waals surface area contributed by atoms with E-state index in [1.54, 1.807) is 7.11 Å². The highest BCUT2D eigenvalue weighted by atomic mass is 16.5. The molecule has 0 spiro atoms. The van der Waals surface area contributed by atoms with Crippen LogP contribution in [0.25, 0.3) is 0 Å². The van der Waals surface area contributed by atoms with Crippen molar-refractivity contribution in [2.24, 2.45) is 0 Å². The van der Waals surface area contributed by atoms with Crippen molar-refractivity contribution in [2.75, 3.05) is 26.4 Å². The summed E-state index contributed by atoms with van der Waals surface area (Å²) in [7, 11) is 3.70. The SMILES string of the molecule is CCN(C)Cc1c(N)cc(OC)c2c1C1C=C[C@H](O)CC1O2. The van der Waals surface area contributed by atoms with E-state index in [9.17, 15) is 5.11 Å². The van der Waals surface area contributed by atoms with Gasteiger partial charge < -0.3 is 25.2 Å². The number of benzene rings is 1. The lowest BCUT2D eigenvalue weighted by Crippen LogP contribution is -2.27. The van der Waals surface area contributed by atoms with E-state index in [2.05, 4.69) is 18.9 Å². The van der Waals surface area contributed by atoms with Crippen molar-refractivity contribution >= 4 is 5.69 Å². The monoisotopic (exact) mass is 304 g/mol. The number of nitrogens with zero attached hydrogens (tertiary/aromatic N) is 1. The summed E-state index contributed by atoms with van der Waals surface area (Å²) < 4.78 is 11.6. The number of aliphatic hydroxyl groups is 1. The van der Waals surface area contributed by atoms with E-state index in [-0.39, 0.29) is 12.0 Å². The number of nitrogen functional groups attached to an aromatic ring is 1. The Morgan fingerprint density at radius 2 is 2.23 bits per heavy atom. The molecule has 3 N–H and O–H groups in total. The predicted octanol–water partition coefficient (Wildman–Crippen LogP) is 1.89. The molecule has 0 radical (unpaired) electrons. The molecule has 0 aromatic heterocycles. The summed E-state index contributed by atoms with van der Waals surface area (Å²) in [4.78, 5) is 2.22. The molecule has 0 saturated heterocycles. The fourth-order valence-electron chi connectivity index (χ4n) is 3.29. The van der Waals surface area contributed by atoms with Gasteiger partial charge in [0.1, 0.15) is 6.10 Å². The Bertz CT molecular complexity index is 600. The number of fused-ring (bicyclic) bond motifs is 3. The minimum absolute atomic E-state index is 0.0450. The summed E-state index contributed by atoms with van der Waals surface area (Å²) in [5.41, 5.74) is 9.24. The molecular formula is C17H24N2O3. The number of nitrogens with two attached hydrogens (primary N) is 1. The van der Waals surface area contributed by atoms with Crippen LogP contribution in [0.5, 0.6) is 11.5 Å². The molecular weight excluding hydrogens is 280 g/mol. The Kier molecular flexibility index (Phi) is 4.02. The Hall–Kier alpha value is -1.72. The normalized spacial score (nSPS) is 25.8. The molecule has 1 aliphatic carbocycles. The van der Waals surface area contributed by atoms with Crippen LogP contribution < -0.4 is 15.2 Å². The molecule has 3 rings (SSSR count). The lowest BCUT2D eigenvalue weighted by molar-refractivity contribution is 0.117. The van der Waals surface area contributed by atoms with Crippen LogP contribution in [0.1, 0.15) is 30.4 Å². The number of hydrogen-bond acceptors (Lipinski definition) is 5. The Labute approximate surface area is 131 Å². The van der Waals surface area contributed by atoms with Crippen LogP contribution in [0, 0.1) is 0 Å². The zero-order valence-corrected chi connectivity index (χ0v) is 13.4. The minimum Gasteiger partial charge on any atom is -0.493 e. The topological polar surface area (TPSA) is 68.0 Å². The van der Waals surface area contributed by atoms with Crippen molar-refractivity contribution in [1.82, 2.24) is 4.90 Å². The predicted molar refractivity (Wildman–Crippen MR) is 86.3 cm³/mol. The maximum atomic E-state index is 9.84. The first-order valence-corrected chi connectivity index (χ1v) is 7.76. The number of aliphatic hydroxyl groups excluding tert-OH is 1. The molecule has 22 heavy (non-hydrogen) atoms. The second-order valence-corrected chi connectivity index (χ2v) is 6.09. The first kappa shape index (κ1) is 15.2. The number of ether oxygens (including phenoxy) is 2. The van der Waals surface area contributed by atoms with Crippen molar-refractivity contribution < 1.29 is 14.6 Å². The summed E-state index contributed by atoms with van der Waals surface area (Å²) >= 11 is 0. The molecule has 5 heteroatoms. The molecule has 1 aliphatic heterocycles. The number of rotatable bonds is 4. The van der Waals surface area contributed by atoms with Gasteiger partial charge in [0.15, 0.2) is 11.5 Å². The van der Waals surface area contributed by atoms with E-state index in [1.165, 1.54) is 0 Å². The first-order valence-electron chi connectivity index (χ1n) is 7.76. The van der Waals surface area contributed by atoms with Crippen LogP contribution in [-0.2, 0) is 6.54 Å². The molecule has 0 bridgehead atoms. The zero-order chi connectivity index (χ0) is 15.9. The lowest BCUT2D eigenvalue weighted by atomic mass is 9.84. The highest BCUT2D eigenvalue weighted by Crippen LogP contribution is 2.51. The summed E-state index contributed by atoms with van der Waals surface area (Å²) in [5, 5.41) is 9.84. The molecule has 0 fully saturated rings. The van der Waals surface area contributed by atoms with E-state index in [4.69, 9.17) is 15.2 Å². The highest BCUT2D eigenvalue weighted by molar-refractivity contribution is 5.67. The summed E-state index contributed by atoms with van der Waals surface area (Å²) in [6, 6.07) is 1.84. The Balaban J connectivity index is 2.10. The molecule has 0 saturated carbocycles. The Morgan fingerprint density at radius 1 is 1.45 bits per heavy atom. The third-order valence-electron chi connectivity index (χ3n) is 4.63. The van der Waals surface area contributed by atoms with Crippen molar-refractivity contribution in [3.8, 4) is 11.5 Å².